The van der Waals surface area contributed by atoms with Crippen molar-refractivity contribution in [2.24, 2.45) is 0 Å². The molecule has 0 bridgehead atoms. The molecule has 0 aliphatic rings. The van der Waals surface area contributed by atoms with E-state index in [0.717, 1.165) is 0 Å². The lowest BCUT2D eigenvalue weighted by atomic mass is 10.1. The summed E-state index contributed by atoms with van der Waals surface area (Å²) in [4.78, 5) is 11.0. The van der Waals surface area contributed by atoms with E-state index in [-0.39, 0.29) is 12.5 Å². The first kappa shape index (κ1) is 14.3. The van der Waals surface area contributed by atoms with Gasteiger partial charge in [-0.15, -0.1) is 0 Å². The molecule has 0 saturated heterocycles. The first-order chi connectivity index (χ1) is 7.91. The fraction of sp³-hybridized carbons (Fsp3) is 0.417. The van der Waals surface area contributed by atoms with Gasteiger partial charge in [-0.25, -0.2) is 4.79 Å². The predicted octanol–water partition coefficient (Wildman–Crippen LogP) is 3.41. The molecule has 0 unspecified atom stereocenters. The highest BCUT2D eigenvalue weighted by Gasteiger charge is 2.21. The molecular weight excluding hydrogens is 263 g/mol. The lowest BCUT2D eigenvalue weighted by Crippen LogP contribution is -2.29. The van der Waals surface area contributed by atoms with E-state index in [1.807, 2.05) is 0 Å². The Morgan fingerprint density at radius 3 is 2.59 bits per heavy atom. The monoisotopic (exact) mass is 276 g/mol. The Kier molecular flexibility index (Phi) is 5.25. The molecule has 0 aliphatic carbocycles. The third kappa shape index (κ3) is 4.19. The van der Waals surface area contributed by atoms with Crippen molar-refractivity contribution in [3.63, 3.8) is 0 Å². The molecule has 1 atom stereocenters. The number of benzene rings is 1. The summed E-state index contributed by atoms with van der Waals surface area (Å²) in [7, 11) is 0. The SMILES string of the molecule is CC(C)O[C@@H](Cc1cccc(Cl)c1Cl)C(=O)O. The number of aliphatic carboxylic acids is 1. The highest BCUT2D eigenvalue weighted by molar-refractivity contribution is 6.42. The minimum atomic E-state index is -1.00. The highest BCUT2D eigenvalue weighted by atomic mass is 35.5. The van der Waals surface area contributed by atoms with Gasteiger partial charge >= 0.3 is 5.97 Å². The van der Waals surface area contributed by atoms with Crippen LogP contribution in [0.3, 0.4) is 0 Å². The van der Waals surface area contributed by atoms with Crippen LogP contribution in [-0.2, 0) is 16.0 Å². The van der Waals surface area contributed by atoms with Crippen LogP contribution in [0.15, 0.2) is 18.2 Å². The van der Waals surface area contributed by atoms with Crippen LogP contribution in [0.1, 0.15) is 19.4 Å². The quantitative estimate of drug-likeness (QED) is 0.897. The second kappa shape index (κ2) is 6.24. The molecule has 1 rings (SSSR count). The van der Waals surface area contributed by atoms with Gasteiger partial charge in [0.2, 0.25) is 0 Å². The number of hydrogen-bond donors (Lipinski definition) is 1. The molecule has 0 radical (unpaired) electrons. The Morgan fingerprint density at radius 2 is 2.06 bits per heavy atom. The van der Waals surface area contributed by atoms with Crippen molar-refractivity contribution in [1.82, 2.24) is 0 Å². The number of carboxylic acid groups (broad SMARTS) is 1. The second-order valence-electron chi connectivity index (χ2n) is 3.93. The Hall–Kier alpha value is -0.770. The van der Waals surface area contributed by atoms with Crippen molar-refractivity contribution < 1.29 is 14.6 Å². The van der Waals surface area contributed by atoms with Crippen molar-refractivity contribution >= 4 is 29.2 Å². The van der Waals surface area contributed by atoms with Crippen LogP contribution in [0.25, 0.3) is 0 Å². The molecule has 0 saturated carbocycles. The van der Waals surface area contributed by atoms with Crippen LogP contribution in [0, 0.1) is 0 Å². The van der Waals surface area contributed by atoms with Gasteiger partial charge in [-0.2, -0.15) is 0 Å². The summed E-state index contributed by atoms with van der Waals surface area (Å²) in [6.45, 7) is 3.57. The molecule has 1 aromatic carbocycles. The summed E-state index contributed by atoms with van der Waals surface area (Å²) in [6, 6.07) is 5.14. The number of rotatable bonds is 5. The number of carbonyl (C=O) groups is 1. The van der Waals surface area contributed by atoms with Crippen LogP contribution in [0.4, 0.5) is 0 Å². The van der Waals surface area contributed by atoms with E-state index in [1.54, 1.807) is 32.0 Å². The third-order valence-corrected chi connectivity index (χ3v) is 3.01. The largest absolute Gasteiger partial charge is 0.479 e. The lowest BCUT2D eigenvalue weighted by molar-refractivity contribution is -0.153. The van der Waals surface area contributed by atoms with Gasteiger partial charge < -0.3 is 9.84 Å². The van der Waals surface area contributed by atoms with E-state index in [2.05, 4.69) is 0 Å². The van der Waals surface area contributed by atoms with Crippen molar-refractivity contribution in [1.29, 1.82) is 0 Å². The van der Waals surface area contributed by atoms with Gasteiger partial charge in [-0.05, 0) is 25.5 Å². The minimum absolute atomic E-state index is 0.158. The second-order valence-corrected chi connectivity index (χ2v) is 4.71. The number of halogens is 2. The van der Waals surface area contributed by atoms with Gasteiger partial charge in [0.05, 0.1) is 16.1 Å². The maximum absolute atomic E-state index is 11.0. The molecule has 1 N–H and O–H groups in total. The van der Waals surface area contributed by atoms with Crippen molar-refractivity contribution in [2.45, 2.75) is 32.5 Å². The summed E-state index contributed by atoms with van der Waals surface area (Å²) in [5.41, 5.74) is 0.673. The predicted molar refractivity (Wildman–Crippen MR) is 67.8 cm³/mol. The maximum atomic E-state index is 11.0. The van der Waals surface area contributed by atoms with Crippen LogP contribution >= 0.6 is 23.2 Å². The first-order valence-electron chi connectivity index (χ1n) is 5.23. The number of carboxylic acids is 1. The molecule has 0 fully saturated rings. The molecular formula is C12H14Cl2O3. The van der Waals surface area contributed by atoms with E-state index in [4.69, 9.17) is 33.0 Å². The molecule has 1 aromatic rings. The fourth-order valence-electron chi connectivity index (χ4n) is 1.43. The van der Waals surface area contributed by atoms with Gasteiger partial charge in [0, 0.05) is 6.42 Å². The molecule has 3 nitrogen and oxygen atoms in total. The topological polar surface area (TPSA) is 46.5 Å². The van der Waals surface area contributed by atoms with E-state index >= 15 is 0 Å². The average Bonchev–Trinajstić information content (AvgIpc) is 2.22. The van der Waals surface area contributed by atoms with Gasteiger partial charge in [0.15, 0.2) is 6.10 Å². The van der Waals surface area contributed by atoms with E-state index in [9.17, 15) is 4.79 Å². The van der Waals surface area contributed by atoms with Gasteiger partial charge in [0.25, 0.3) is 0 Å². The fourth-order valence-corrected chi connectivity index (χ4v) is 1.83. The maximum Gasteiger partial charge on any atom is 0.333 e. The zero-order valence-corrected chi connectivity index (χ0v) is 11.1. The number of hydrogen-bond acceptors (Lipinski definition) is 2. The summed E-state index contributed by atoms with van der Waals surface area (Å²) in [6.07, 6.45) is -0.868. The summed E-state index contributed by atoms with van der Waals surface area (Å²) >= 11 is 11.9. The third-order valence-electron chi connectivity index (χ3n) is 2.15. The van der Waals surface area contributed by atoms with E-state index < -0.39 is 12.1 Å². The Balaban J connectivity index is 2.86. The van der Waals surface area contributed by atoms with Crippen molar-refractivity contribution in [3.05, 3.63) is 33.8 Å². The average molecular weight is 277 g/mol. The molecule has 94 valence electrons. The Bertz CT molecular complexity index is 405. The molecule has 17 heavy (non-hydrogen) atoms. The highest BCUT2D eigenvalue weighted by Crippen LogP contribution is 2.27. The minimum Gasteiger partial charge on any atom is -0.479 e. The zero-order chi connectivity index (χ0) is 13.0. The van der Waals surface area contributed by atoms with E-state index in [1.165, 1.54) is 0 Å². The van der Waals surface area contributed by atoms with Crippen LogP contribution < -0.4 is 0 Å². The molecule has 0 aromatic heterocycles. The van der Waals surface area contributed by atoms with Crippen LogP contribution in [-0.4, -0.2) is 23.3 Å². The zero-order valence-electron chi connectivity index (χ0n) is 9.61. The Morgan fingerprint density at radius 1 is 1.41 bits per heavy atom. The molecule has 5 heteroatoms. The smallest absolute Gasteiger partial charge is 0.333 e. The standard InChI is InChI=1S/C12H14Cl2O3/c1-7(2)17-10(12(15)16)6-8-4-3-5-9(13)11(8)14/h3-5,7,10H,6H2,1-2H3,(H,15,16)/t10-/m0/s1. The molecule has 0 heterocycles. The lowest BCUT2D eigenvalue weighted by Gasteiger charge is -2.17. The van der Waals surface area contributed by atoms with Crippen LogP contribution in [0.5, 0.6) is 0 Å². The van der Waals surface area contributed by atoms with Crippen molar-refractivity contribution in [2.75, 3.05) is 0 Å². The Labute approximate surface area is 110 Å². The van der Waals surface area contributed by atoms with Crippen LogP contribution in [0.2, 0.25) is 10.0 Å². The van der Waals surface area contributed by atoms with Crippen molar-refractivity contribution in [3.8, 4) is 0 Å². The summed E-state index contributed by atoms with van der Waals surface area (Å²) in [5.74, 6) is -1.00. The van der Waals surface area contributed by atoms with Gasteiger partial charge in [0.1, 0.15) is 0 Å². The summed E-state index contributed by atoms with van der Waals surface area (Å²) in [5, 5.41) is 9.84. The molecule has 0 aliphatic heterocycles. The number of ether oxygens (including phenoxy) is 1. The van der Waals surface area contributed by atoms with Gasteiger partial charge in [-0.3, -0.25) is 0 Å². The summed E-state index contributed by atoms with van der Waals surface area (Å²) < 4.78 is 5.31. The molecule has 0 spiro atoms. The normalized spacial score (nSPS) is 12.8. The first-order valence-corrected chi connectivity index (χ1v) is 5.98. The molecule has 0 amide bonds. The van der Waals surface area contributed by atoms with Gasteiger partial charge in [-0.1, -0.05) is 35.3 Å². The van der Waals surface area contributed by atoms with E-state index in [0.29, 0.717) is 15.6 Å².